The van der Waals surface area contributed by atoms with Gasteiger partial charge in [0.05, 0.1) is 5.69 Å². The molecule has 0 saturated heterocycles. The fourth-order valence-corrected chi connectivity index (χ4v) is 1.15. The quantitative estimate of drug-likeness (QED) is 0.764. The monoisotopic (exact) mass is 181 g/mol. The maximum Gasteiger partial charge on any atom is 0.0642 e. The van der Waals surface area contributed by atoms with Gasteiger partial charge in [-0.05, 0) is 18.9 Å². The molecule has 2 N–H and O–H groups in total. The molecule has 1 unspecified atom stereocenters. The summed E-state index contributed by atoms with van der Waals surface area (Å²) in [5, 5.41) is 4.31. The lowest BCUT2D eigenvalue weighted by molar-refractivity contribution is 0.334. The topological polar surface area (TPSA) is 43.8 Å². The standard InChI is InChI=1S/C10H19N3/c1-8(2)10(3,11)7-9-5-6-13(4)12-9/h5-6,8H,7,11H2,1-4H3. The van der Waals surface area contributed by atoms with Crippen molar-refractivity contribution in [2.24, 2.45) is 18.7 Å². The van der Waals surface area contributed by atoms with Crippen LogP contribution in [0.25, 0.3) is 0 Å². The molecule has 0 aromatic carbocycles. The first-order chi connectivity index (χ1) is 5.92. The third kappa shape index (κ3) is 2.56. The molecule has 0 radical (unpaired) electrons. The lowest BCUT2D eigenvalue weighted by Crippen LogP contribution is -2.43. The van der Waals surface area contributed by atoms with E-state index in [1.54, 1.807) is 0 Å². The second kappa shape index (κ2) is 3.50. The van der Waals surface area contributed by atoms with E-state index in [1.807, 2.05) is 24.0 Å². The summed E-state index contributed by atoms with van der Waals surface area (Å²) < 4.78 is 1.81. The molecular weight excluding hydrogens is 162 g/mol. The van der Waals surface area contributed by atoms with E-state index in [-0.39, 0.29) is 5.54 Å². The van der Waals surface area contributed by atoms with Gasteiger partial charge in [-0.2, -0.15) is 5.10 Å². The van der Waals surface area contributed by atoms with E-state index in [0.717, 1.165) is 12.1 Å². The second-order valence-electron chi connectivity index (χ2n) is 4.32. The molecule has 0 fully saturated rings. The van der Waals surface area contributed by atoms with Gasteiger partial charge < -0.3 is 5.73 Å². The smallest absolute Gasteiger partial charge is 0.0642 e. The number of hydrogen-bond donors (Lipinski definition) is 1. The van der Waals surface area contributed by atoms with Gasteiger partial charge in [-0.25, -0.2) is 0 Å². The number of hydrogen-bond acceptors (Lipinski definition) is 2. The Morgan fingerprint density at radius 1 is 1.62 bits per heavy atom. The number of nitrogens with two attached hydrogens (primary N) is 1. The van der Waals surface area contributed by atoms with Gasteiger partial charge in [0.25, 0.3) is 0 Å². The van der Waals surface area contributed by atoms with Crippen LogP contribution < -0.4 is 5.73 Å². The van der Waals surface area contributed by atoms with E-state index in [0.29, 0.717) is 5.92 Å². The molecule has 1 aromatic heterocycles. The second-order valence-corrected chi connectivity index (χ2v) is 4.32. The summed E-state index contributed by atoms with van der Waals surface area (Å²) in [5.74, 6) is 0.467. The van der Waals surface area contributed by atoms with Crippen LogP contribution in [0.5, 0.6) is 0 Å². The Bertz CT molecular complexity index is 273. The van der Waals surface area contributed by atoms with Gasteiger partial charge in [-0.3, -0.25) is 4.68 Å². The van der Waals surface area contributed by atoms with Crippen LogP contribution in [0.4, 0.5) is 0 Å². The van der Waals surface area contributed by atoms with Crippen LogP contribution >= 0.6 is 0 Å². The molecule has 0 aliphatic carbocycles. The van der Waals surface area contributed by atoms with Gasteiger partial charge in [0.1, 0.15) is 0 Å². The van der Waals surface area contributed by atoms with Crippen molar-refractivity contribution in [2.75, 3.05) is 0 Å². The van der Waals surface area contributed by atoms with E-state index in [2.05, 4.69) is 25.9 Å². The first kappa shape index (κ1) is 10.3. The molecule has 13 heavy (non-hydrogen) atoms. The molecule has 1 atom stereocenters. The highest BCUT2D eigenvalue weighted by Crippen LogP contribution is 2.17. The molecule has 1 aromatic rings. The zero-order valence-corrected chi connectivity index (χ0v) is 8.91. The summed E-state index contributed by atoms with van der Waals surface area (Å²) in [7, 11) is 1.92. The highest BCUT2D eigenvalue weighted by atomic mass is 15.2. The first-order valence-corrected chi connectivity index (χ1v) is 4.69. The molecule has 1 rings (SSSR count). The summed E-state index contributed by atoms with van der Waals surface area (Å²) in [6, 6.07) is 2.02. The third-order valence-electron chi connectivity index (χ3n) is 2.65. The zero-order valence-electron chi connectivity index (χ0n) is 8.91. The van der Waals surface area contributed by atoms with Crippen molar-refractivity contribution in [3.05, 3.63) is 18.0 Å². The minimum absolute atomic E-state index is 0.158. The molecule has 0 bridgehead atoms. The zero-order chi connectivity index (χ0) is 10.1. The van der Waals surface area contributed by atoms with Crippen LogP contribution in [0.1, 0.15) is 26.5 Å². The molecule has 0 aliphatic rings. The highest BCUT2D eigenvalue weighted by molar-refractivity contribution is 5.05. The van der Waals surface area contributed by atoms with Crippen LogP contribution in [0.15, 0.2) is 12.3 Å². The van der Waals surface area contributed by atoms with Crippen molar-refractivity contribution in [3.8, 4) is 0 Å². The summed E-state index contributed by atoms with van der Waals surface area (Å²) in [5.41, 5.74) is 7.06. The van der Waals surface area contributed by atoms with Gasteiger partial charge >= 0.3 is 0 Å². The van der Waals surface area contributed by atoms with Gasteiger partial charge in [-0.1, -0.05) is 13.8 Å². The average Bonchev–Trinajstić information content (AvgIpc) is 2.34. The van der Waals surface area contributed by atoms with Crippen LogP contribution in [0, 0.1) is 5.92 Å². The average molecular weight is 181 g/mol. The Morgan fingerprint density at radius 2 is 2.23 bits per heavy atom. The van der Waals surface area contributed by atoms with Crippen molar-refractivity contribution < 1.29 is 0 Å². The maximum atomic E-state index is 6.15. The Hall–Kier alpha value is -0.830. The van der Waals surface area contributed by atoms with Crippen molar-refractivity contribution in [2.45, 2.75) is 32.7 Å². The molecule has 0 amide bonds. The minimum Gasteiger partial charge on any atom is -0.325 e. The van der Waals surface area contributed by atoms with Crippen LogP contribution in [0.3, 0.4) is 0 Å². The number of aromatic nitrogens is 2. The Labute approximate surface area is 79.9 Å². The van der Waals surface area contributed by atoms with E-state index in [4.69, 9.17) is 5.73 Å². The predicted molar refractivity (Wildman–Crippen MR) is 54.3 cm³/mol. The largest absolute Gasteiger partial charge is 0.325 e. The normalized spacial score (nSPS) is 16.2. The number of aryl methyl sites for hydroxylation is 1. The summed E-state index contributed by atoms with van der Waals surface area (Å²) in [6.45, 7) is 6.36. The lowest BCUT2D eigenvalue weighted by Gasteiger charge is -2.28. The van der Waals surface area contributed by atoms with Gasteiger partial charge in [-0.15, -0.1) is 0 Å². The maximum absolute atomic E-state index is 6.15. The van der Waals surface area contributed by atoms with E-state index < -0.39 is 0 Å². The van der Waals surface area contributed by atoms with E-state index in [1.165, 1.54) is 0 Å². The van der Waals surface area contributed by atoms with Gasteiger partial charge in [0.15, 0.2) is 0 Å². The van der Waals surface area contributed by atoms with Crippen molar-refractivity contribution >= 4 is 0 Å². The molecule has 3 nitrogen and oxygen atoms in total. The SMILES string of the molecule is CC(C)C(C)(N)Cc1ccn(C)n1. The Morgan fingerprint density at radius 3 is 2.62 bits per heavy atom. The molecule has 0 saturated carbocycles. The highest BCUT2D eigenvalue weighted by Gasteiger charge is 2.24. The molecular formula is C10H19N3. The van der Waals surface area contributed by atoms with E-state index >= 15 is 0 Å². The molecule has 0 spiro atoms. The van der Waals surface area contributed by atoms with Crippen molar-refractivity contribution in [1.82, 2.24) is 9.78 Å². The number of nitrogens with zero attached hydrogens (tertiary/aromatic N) is 2. The predicted octanol–water partition coefficient (Wildman–Crippen LogP) is 1.34. The van der Waals surface area contributed by atoms with Crippen LogP contribution in [0.2, 0.25) is 0 Å². The molecule has 1 heterocycles. The Balaban J connectivity index is 2.68. The molecule has 0 aliphatic heterocycles. The third-order valence-corrected chi connectivity index (χ3v) is 2.65. The van der Waals surface area contributed by atoms with Crippen molar-refractivity contribution in [1.29, 1.82) is 0 Å². The Kier molecular flexibility index (Phi) is 2.76. The summed E-state index contributed by atoms with van der Waals surface area (Å²) in [4.78, 5) is 0. The van der Waals surface area contributed by atoms with Gasteiger partial charge in [0.2, 0.25) is 0 Å². The van der Waals surface area contributed by atoms with Crippen LogP contribution in [-0.2, 0) is 13.5 Å². The van der Waals surface area contributed by atoms with Gasteiger partial charge in [0, 0.05) is 25.2 Å². The van der Waals surface area contributed by atoms with E-state index in [9.17, 15) is 0 Å². The van der Waals surface area contributed by atoms with Crippen LogP contribution in [-0.4, -0.2) is 15.3 Å². The minimum atomic E-state index is -0.158. The fourth-order valence-electron chi connectivity index (χ4n) is 1.15. The first-order valence-electron chi connectivity index (χ1n) is 4.69. The lowest BCUT2D eigenvalue weighted by atomic mass is 9.85. The number of rotatable bonds is 3. The summed E-state index contributed by atoms with van der Waals surface area (Å²) in [6.07, 6.45) is 2.79. The molecule has 3 heteroatoms. The molecule has 74 valence electrons. The van der Waals surface area contributed by atoms with Crippen molar-refractivity contribution in [3.63, 3.8) is 0 Å². The fraction of sp³-hybridized carbons (Fsp3) is 0.700. The summed E-state index contributed by atoms with van der Waals surface area (Å²) >= 11 is 0.